The lowest BCUT2D eigenvalue weighted by Gasteiger charge is -2.46. The van der Waals surface area contributed by atoms with Gasteiger partial charge in [0.1, 0.15) is 0 Å². The molecule has 6 aliphatic carbocycles. The third-order valence-corrected chi connectivity index (χ3v) is 10.6. The van der Waals surface area contributed by atoms with Gasteiger partial charge in [0.15, 0.2) is 0 Å². The molecule has 0 radical (unpaired) electrons. The monoisotopic (exact) mass is 398 g/mol. The first-order valence-corrected chi connectivity index (χ1v) is 7.72. The summed E-state index contributed by atoms with van der Waals surface area (Å²) in [6.07, 6.45) is 4.81. The van der Waals surface area contributed by atoms with Crippen molar-refractivity contribution in [3.05, 3.63) is 0 Å². The zero-order chi connectivity index (χ0) is 8.59. The summed E-state index contributed by atoms with van der Waals surface area (Å²) in [5, 5.41) is 0. The average molecular weight is 398 g/mol. The van der Waals surface area contributed by atoms with Crippen LogP contribution in [-0.4, -0.2) is 6.84 Å². The van der Waals surface area contributed by atoms with Crippen molar-refractivity contribution in [2.45, 2.75) is 26.1 Å². The molecule has 0 N–H and O–H groups in total. The number of halogens is 2. The SMILES string of the molecule is IC12C3CC3C(I)(C3CC31)C1CC12. The predicted molar refractivity (Wildman–Crippen MR) is 68.3 cm³/mol. The van der Waals surface area contributed by atoms with Crippen molar-refractivity contribution in [2.75, 3.05) is 0 Å². The molecular formula is C11H12I2. The molecule has 13 heavy (non-hydrogen) atoms. The zero-order valence-corrected chi connectivity index (χ0v) is 11.7. The molecule has 0 amide bonds. The van der Waals surface area contributed by atoms with Crippen LogP contribution in [0, 0.1) is 35.5 Å². The molecule has 0 aromatic rings. The first-order chi connectivity index (χ1) is 6.18. The molecule has 6 unspecified atom stereocenters. The number of rotatable bonds is 0. The lowest BCUT2D eigenvalue weighted by molar-refractivity contribution is 0.210. The van der Waals surface area contributed by atoms with Gasteiger partial charge in [0, 0.05) is 6.84 Å². The van der Waals surface area contributed by atoms with Gasteiger partial charge in [-0.15, -0.1) is 0 Å². The lowest BCUT2D eigenvalue weighted by Crippen LogP contribution is -2.50. The summed E-state index contributed by atoms with van der Waals surface area (Å²) in [7, 11) is 0. The van der Waals surface area contributed by atoms with Gasteiger partial charge in [-0.2, -0.15) is 0 Å². The van der Waals surface area contributed by atoms with Gasteiger partial charge in [0.05, 0.1) is 0 Å². The van der Waals surface area contributed by atoms with Crippen LogP contribution in [0.15, 0.2) is 0 Å². The third-order valence-electron chi connectivity index (χ3n) is 5.78. The molecule has 0 aliphatic heterocycles. The van der Waals surface area contributed by atoms with Gasteiger partial charge in [-0.25, -0.2) is 0 Å². The van der Waals surface area contributed by atoms with Gasteiger partial charge >= 0.3 is 0 Å². The molecule has 0 spiro atoms. The molecular weight excluding hydrogens is 386 g/mol. The van der Waals surface area contributed by atoms with Crippen LogP contribution in [0.1, 0.15) is 19.3 Å². The minimum Gasteiger partial charge on any atom is -0.0779 e. The summed E-state index contributed by atoms with van der Waals surface area (Å²) < 4.78 is 1.65. The second-order valence-electron chi connectivity index (χ2n) is 6.00. The molecule has 0 nitrogen and oxygen atoms in total. The van der Waals surface area contributed by atoms with Crippen molar-refractivity contribution in [1.29, 1.82) is 0 Å². The van der Waals surface area contributed by atoms with E-state index in [1.807, 2.05) is 0 Å². The minimum atomic E-state index is 0.824. The Bertz CT molecular complexity index is 259. The van der Waals surface area contributed by atoms with E-state index < -0.39 is 0 Å². The van der Waals surface area contributed by atoms with Crippen LogP contribution in [0.25, 0.3) is 0 Å². The number of alkyl halides is 2. The second-order valence-corrected chi connectivity index (χ2v) is 9.74. The minimum absolute atomic E-state index is 0.824. The second kappa shape index (κ2) is 1.76. The largest absolute Gasteiger partial charge is 0.0779 e. The topological polar surface area (TPSA) is 0 Å². The maximum absolute atomic E-state index is 2.90. The van der Waals surface area contributed by atoms with Crippen molar-refractivity contribution in [3.63, 3.8) is 0 Å². The summed E-state index contributed by atoms with van der Waals surface area (Å²) >= 11 is 5.80. The first kappa shape index (κ1) is 7.69. The van der Waals surface area contributed by atoms with Gasteiger partial charge in [-0.3, -0.25) is 0 Å². The summed E-state index contributed by atoms with van der Waals surface area (Å²) in [5.41, 5.74) is 0. The van der Waals surface area contributed by atoms with E-state index in [0.717, 1.165) is 42.4 Å². The molecule has 0 aromatic heterocycles. The number of hydrogen-bond donors (Lipinski definition) is 0. The maximum atomic E-state index is 2.90. The van der Waals surface area contributed by atoms with Crippen LogP contribution in [0.3, 0.4) is 0 Å². The average Bonchev–Trinajstić information content (AvgIpc) is 3.00. The Morgan fingerprint density at radius 3 is 1.08 bits per heavy atom. The van der Waals surface area contributed by atoms with E-state index in [9.17, 15) is 0 Å². The Balaban J connectivity index is 1.81. The van der Waals surface area contributed by atoms with Gasteiger partial charge in [0.25, 0.3) is 0 Å². The fourth-order valence-corrected chi connectivity index (χ4v) is 9.30. The third kappa shape index (κ3) is 0.575. The standard InChI is InChI=1S/C11H12I2/c12-10-4-1-5(4)11(13,7-2-6(7)10)9-3-8(9)10/h4-9H,1-3H2. The fraction of sp³-hybridized carbons (Fsp3) is 1.00. The Hall–Kier alpha value is 1.46. The molecule has 6 saturated carbocycles. The van der Waals surface area contributed by atoms with E-state index >= 15 is 0 Å². The highest BCUT2D eigenvalue weighted by Crippen LogP contribution is 2.90. The van der Waals surface area contributed by atoms with Gasteiger partial charge in [0.2, 0.25) is 0 Å². The molecule has 0 heterocycles. The molecule has 6 atom stereocenters. The molecule has 6 fully saturated rings. The first-order valence-electron chi connectivity index (χ1n) is 5.56. The highest BCUT2D eigenvalue weighted by molar-refractivity contribution is 14.1. The molecule has 6 aliphatic rings. The van der Waals surface area contributed by atoms with Crippen LogP contribution in [0.5, 0.6) is 0 Å². The van der Waals surface area contributed by atoms with Crippen molar-refractivity contribution >= 4 is 45.2 Å². The Morgan fingerprint density at radius 2 is 0.846 bits per heavy atom. The van der Waals surface area contributed by atoms with Gasteiger partial charge in [-0.05, 0) is 54.8 Å². The van der Waals surface area contributed by atoms with Crippen LogP contribution >= 0.6 is 45.2 Å². The Kier molecular flexibility index (Phi) is 1.04. The fourth-order valence-electron chi connectivity index (χ4n) is 5.17. The van der Waals surface area contributed by atoms with E-state index in [-0.39, 0.29) is 0 Å². The van der Waals surface area contributed by atoms with Crippen LogP contribution in [0.4, 0.5) is 0 Å². The van der Waals surface area contributed by atoms with Crippen LogP contribution in [-0.2, 0) is 0 Å². The van der Waals surface area contributed by atoms with Crippen molar-refractivity contribution in [1.82, 2.24) is 0 Å². The zero-order valence-electron chi connectivity index (χ0n) is 7.34. The quantitative estimate of drug-likeness (QED) is 0.434. The van der Waals surface area contributed by atoms with Crippen molar-refractivity contribution in [3.8, 4) is 0 Å². The highest BCUT2D eigenvalue weighted by atomic mass is 127. The molecule has 0 saturated heterocycles. The van der Waals surface area contributed by atoms with Crippen LogP contribution < -0.4 is 0 Å². The van der Waals surface area contributed by atoms with E-state index in [2.05, 4.69) is 45.2 Å². The summed E-state index contributed by atoms with van der Waals surface area (Å²) in [5.74, 6) is 6.99. The summed E-state index contributed by atoms with van der Waals surface area (Å²) in [6, 6.07) is 0. The molecule has 2 heteroatoms. The van der Waals surface area contributed by atoms with Gasteiger partial charge in [-0.1, -0.05) is 45.2 Å². The molecule has 70 valence electrons. The van der Waals surface area contributed by atoms with E-state index in [0.29, 0.717) is 0 Å². The smallest absolute Gasteiger partial charge is 0.0316 e. The molecule has 2 bridgehead atoms. The lowest BCUT2D eigenvalue weighted by atomic mass is 9.71. The number of hydrogen-bond acceptors (Lipinski definition) is 0. The van der Waals surface area contributed by atoms with E-state index in [4.69, 9.17) is 0 Å². The molecule has 0 aromatic carbocycles. The normalized spacial score (nSPS) is 85.4. The van der Waals surface area contributed by atoms with Crippen molar-refractivity contribution < 1.29 is 0 Å². The summed E-state index contributed by atoms with van der Waals surface area (Å²) in [4.78, 5) is 0. The maximum Gasteiger partial charge on any atom is 0.0316 e. The van der Waals surface area contributed by atoms with Crippen LogP contribution in [0.2, 0.25) is 0 Å². The highest BCUT2D eigenvalue weighted by Gasteiger charge is 2.88. The van der Waals surface area contributed by atoms with Gasteiger partial charge < -0.3 is 0 Å². The summed E-state index contributed by atoms with van der Waals surface area (Å²) in [6.45, 7) is 0. The Labute approximate surface area is 106 Å². The predicted octanol–water partition coefficient (Wildman–Crippen LogP) is 3.27. The van der Waals surface area contributed by atoms with E-state index in [1.54, 1.807) is 19.3 Å². The van der Waals surface area contributed by atoms with E-state index in [1.165, 1.54) is 0 Å². The molecule has 6 rings (SSSR count). The Morgan fingerprint density at radius 1 is 0.615 bits per heavy atom. The van der Waals surface area contributed by atoms with Crippen molar-refractivity contribution in [2.24, 2.45) is 35.5 Å².